The quantitative estimate of drug-likeness (QED) is 0.746. The van der Waals surface area contributed by atoms with Crippen molar-refractivity contribution in [3.63, 3.8) is 0 Å². The van der Waals surface area contributed by atoms with Crippen LogP contribution in [0.15, 0.2) is 36.7 Å². The monoisotopic (exact) mass is 336 g/mol. The molecule has 1 aromatic carbocycles. The van der Waals surface area contributed by atoms with Gasteiger partial charge < -0.3 is 4.74 Å². The van der Waals surface area contributed by atoms with Gasteiger partial charge in [-0.1, -0.05) is 13.0 Å². The molecule has 1 aliphatic carbocycles. The SMILES string of the molecule is CCCOCCC1c2cc3c(cc2C(=O)N1c1cccnc1)CCC3. The van der Waals surface area contributed by atoms with Crippen LogP contribution in [0.4, 0.5) is 5.69 Å². The van der Waals surface area contributed by atoms with E-state index < -0.39 is 0 Å². The lowest BCUT2D eigenvalue weighted by molar-refractivity contribution is 0.0978. The summed E-state index contributed by atoms with van der Waals surface area (Å²) in [6.45, 7) is 3.54. The number of rotatable bonds is 6. The molecule has 4 nitrogen and oxygen atoms in total. The van der Waals surface area contributed by atoms with Crippen molar-refractivity contribution >= 4 is 11.6 Å². The van der Waals surface area contributed by atoms with E-state index in [-0.39, 0.29) is 11.9 Å². The maximum atomic E-state index is 13.2. The number of aromatic nitrogens is 1. The molecular weight excluding hydrogens is 312 g/mol. The molecule has 0 N–H and O–H groups in total. The largest absolute Gasteiger partial charge is 0.381 e. The van der Waals surface area contributed by atoms with Crippen LogP contribution in [0.5, 0.6) is 0 Å². The first-order chi connectivity index (χ1) is 12.3. The van der Waals surface area contributed by atoms with Crippen LogP contribution < -0.4 is 4.90 Å². The number of carbonyl (C=O) groups is 1. The summed E-state index contributed by atoms with van der Waals surface area (Å²) >= 11 is 0. The van der Waals surface area contributed by atoms with Gasteiger partial charge in [0.05, 0.1) is 17.9 Å². The van der Waals surface area contributed by atoms with Gasteiger partial charge in [0.2, 0.25) is 0 Å². The zero-order chi connectivity index (χ0) is 17.2. The molecule has 0 saturated heterocycles. The third-order valence-electron chi connectivity index (χ3n) is 5.19. The average molecular weight is 336 g/mol. The van der Waals surface area contributed by atoms with Crippen LogP contribution in [0.3, 0.4) is 0 Å². The second-order valence-electron chi connectivity index (χ2n) is 6.86. The summed E-state index contributed by atoms with van der Waals surface area (Å²) in [4.78, 5) is 19.3. The standard InChI is InChI=1S/C21H24N2O2/c1-2-10-25-11-8-20-18-12-15-5-3-6-16(15)13-19(18)21(24)23(20)17-7-4-9-22-14-17/h4,7,9,12-14,20H,2-3,5-6,8,10-11H2,1H3. The molecule has 1 atom stereocenters. The van der Waals surface area contributed by atoms with Gasteiger partial charge in [-0.25, -0.2) is 0 Å². The van der Waals surface area contributed by atoms with Crippen molar-refractivity contribution in [1.82, 2.24) is 4.98 Å². The van der Waals surface area contributed by atoms with Crippen molar-refractivity contribution in [2.45, 2.75) is 45.1 Å². The summed E-state index contributed by atoms with van der Waals surface area (Å²) in [7, 11) is 0. The molecule has 1 unspecified atom stereocenters. The van der Waals surface area contributed by atoms with E-state index in [0.717, 1.165) is 49.1 Å². The summed E-state index contributed by atoms with van der Waals surface area (Å²) in [5, 5.41) is 0. The van der Waals surface area contributed by atoms with E-state index in [1.807, 2.05) is 17.0 Å². The highest BCUT2D eigenvalue weighted by Crippen LogP contribution is 2.41. The predicted octanol–water partition coefficient (Wildman–Crippen LogP) is 4.09. The normalized spacial score (nSPS) is 18.5. The summed E-state index contributed by atoms with van der Waals surface area (Å²) < 4.78 is 5.72. The number of nitrogens with zero attached hydrogens (tertiary/aromatic N) is 2. The van der Waals surface area contributed by atoms with Crippen molar-refractivity contribution in [3.8, 4) is 0 Å². The Morgan fingerprint density at radius 1 is 1.24 bits per heavy atom. The van der Waals surface area contributed by atoms with E-state index in [9.17, 15) is 4.79 Å². The van der Waals surface area contributed by atoms with Gasteiger partial charge in [0.1, 0.15) is 0 Å². The number of hydrogen-bond acceptors (Lipinski definition) is 3. The van der Waals surface area contributed by atoms with E-state index >= 15 is 0 Å². The Morgan fingerprint density at radius 2 is 2.08 bits per heavy atom. The summed E-state index contributed by atoms with van der Waals surface area (Å²) in [6.07, 6.45) is 8.76. The number of amides is 1. The minimum absolute atomic E-state index is 0.0365. The first kappa shape index (κ1) is 16.3. The molecule has 0 radical (unpaired) electrons. The van der Waals surface area contributed by atoms with Gasteiger partial charge in [-0.2, -0.15) is 0 Å². The van der Waals surface area contributed by atoms with Crippen molar-refractivity contribution in [1.29, 1.82) is 0 Å². The molecule has 0 saturated carbocycles. The molecule has 0 bridgehead atoms. The van der Waals surface area contributed by atoms with Crippen molar-refractivity contribution in [2.24, 2.45) is 0 Å². The number of ether oxygens (including phenoxy) is 1. The van der Waals surface area contributed by atoms with Gasteiger partial charge in [-0.3, -0.25) is 14.7 Å². The van der Waals surface area contributed by atoms with Gasteiger partial charge >= 0.3 is 0 Å². The molecule has 2 aromatic rings. The van der Waals surface area contributed by atoms with Crippen LogP contribution in [-0.2, 0) is 17.6 Å². The first-order valence-electron chi connectivity index (χ1n) is 9.26. The summed E-state index contributed by atoms with van der Waals surface area (Å²) in [5.41, 5.74) is 5.66. The Balaban J connectivity index is 1.69. The average Bonchev–Trinajstić information content (AvgIpc) is 3.20. The molecule has 0 fully saturated rings. The Labute approximate surface area is 148 Å². The van der Waals surface area contributed by atoms with Crippen LogP contribution in [-0.4, -0.2) is 24.1 Å². The van der Waals surface area contributed by atoms with Gasteiger partial charge in [-0.15, -0.1) is 0 Å². The van der Waals surface area contributed by atoms with Crippen LogP contribution >= 0.6 is 0 Å². The molecule has 4 rings (SSSR count). The van der Waals surface area contributed by atoms with E-state index in [1.54, 1.807) is 12.4 Å². The van der Waals surface area contributed by atoms with E-state index in [0.29, 0.717) is 6.61 Å². The number of hydrogen-bond donors (Lipinski definition) is 0. The molecule has 2 heterocycles. The van der Waals surface area contributed by atoms with E-state index in [1.165, 1.54) is 17.5 Å². The highest BCUT2D eigenvalue weighted by molar-refractivity contribution is 6.11. The summed E-state index contributed by atoms with van der Waals surface area (Å²) in [6, 6.07) is 8.29. The Kier molecular flexibility index (Phi) is 4.53. The Hall–Kier alpha value is -2.20. The third kappa shape index (κ3) is 2.95. The maximum absolute atomic E-state index is 13.2. The smallest absolute Gasteiger partial charge is 0.259 e. The van der Waals surface area contributed by atoms with Crippen molar-refractivity contribution < 1.29 is 9.53 Å². The highest BCUT2D eigenvalue weighted by atomic mass is 16.5. The molecule has 1 aliphatic heterocycles. The van der Waals surface area contributed by atoms with Gasteiger partial charge in [-0.05, 0) is 67.0 Å². The molecule has 25 heavy (non-hydrogen) atoms. The van der Waals surface area contributed by atoms with Gasteiger partial charge in [0, 0.05) is 25.0 Å². The second-order valence-corrected chi connectivity index (χ2v) is 6.86. The fourth-order valence-corrected chi connectivity index (χ4v) is 4.03. The first-order valence-corrected chi connectivity index (χ1v) is 9.26. The Morgan fingerprint density at radius 3 is 2.84 bits per heavy atom. The Bertz CT molecular complexity index is 773. The van der Waals surface area contributed by atoms with Gasteiger partial charge in [0.25, 0.3) is 5.91 Å². The maximum Gasteiger partial charge on any atom is 0.259 e. The molecule has 4 heteroatoms. The van der Waals surface area contributed by atoms with E-state index in [2.05, 4.69) is 24.0 Å². The predicted molar refractivity (Wildman–Crippen MR) is 98.0 cm³/mol. The number of fused-ring (bicyclic) bond motifs is 2. The van der Waals surface area contributed by atoms with Gasteiger partial charge in [0.15, 0.2) is 0 Å². The molecule has 2 aliphatic rings. The third-order valence-corrected chi connectivity index (χ3v) is 5.19. The van der Waals surface area contributed by atoms with Crippen LogP contribution in [0.1, 0.15) is 59.3 Å². The lowest BCUT2D eigenvalue weighted by atomic mass is 9.97. The van der Waals surface area contributed by atoms with E-state index in [4.69, 9.17) is 4.74 Å². The number of aryl methyl sites for hydroxylation is 2. The molecule has 130 valence electrons. The number of anilines is 1. The summed E-state index contributed by atoms with van der Waals surface area (Å²) in [5.74, 6) is 0.0955. The lowest BCUT2D eigenvalue weighted by Gasteiger charge is -2.25. The van der Waals surface area contributed by atoms with Crippen LogP contribution in [0.2, 0.25) is 0 Å². The number of pyridine rings is 1. The zero-order valence-corrected chi connectivity index (χ0v) is 14.7. The topological polar surface area (TPSA) is 42.4 Å². The highest BCUT2D eigenvalue weighted by Gasteiger charge is 2.38. The lowest BCUT2D eigenvalue weighted by Crippen LogP contribution is -2.28. The van der Waals surface area contributed by atoms with Crippen LogP contribution in [0, 0.1) is 0 Å². The fraction of sp³-hybridized carbons (Fsp3) is 0.429. The second kappa shape index (κ2) is 6.96. The molecular formula is C21H24N2O2. The minimum atomic E-state index is 0.0365. The molecule has 1 amide bonds. The zero-order valence-electron chi connectivity index (χ0n) is 14.7. The van der Waals surface area contributed by atoms with Crippen LogP contribution in [0.25, 0.3) is 0 Å². The fourth-order valence-electron chi connectivity index (χ4n) is 4.03. The number of carbonyl (C=O) groups excluding carboxylic acids is 1. The van der Waals surface area contributed by atoms with Crippen molar-refractivity contribution in [2.75, 3.05) is 18.1 Å². The number of benzene rings is 1. The molecule has 1 aromatic heterocycles. The minimum Gasteiger partial charge on any atom is -0.381 e. The molecule has 0 spiro atoms. The van der Waals surface area contributed by atoms with Crippen molar-refractivity contribution in [3.05, 3.63) is 58.9 Å².